The summed E-state index contributed by atoms with van der Waals surface area (Å²) in [6, 6.07) is 0. The summed E-state index contributed by atoms with van der Waals surface area (Å²) in [6.07, 6.45) is 13.1. The zero-order valence-corrected chi connectivity index (χ0v) is 14.3. The average Bonchev–Trinajstić information content (AvgIpc) is 2.59. The summed E-state index contributed by atoms with van der Waals surface area (Å²) in [5.41, 5.74) is 0. The second-order valence-electron chi connectivity index (χ2n) is 7.36. The first kappa shape index (κ1) is 17.8. The Bertz CT molecular complexity index is 279. The fraction of sp³-hybridized carbons (Fsp3) is 0.944. The predicted octanol–water partition coefficient (Wildman–Crippen LogP) is 5.55. The standard InChI is InChI=1S/C18H35BO/c1-5-15(3)17(20)18(4,6-2)19-16-13-11-9-7-8-10-12-14-16/h15-16,19H,5-14H2,1-4H3. The molecule has 0 heterocycles. The molecule has 0 aromatic heterocycles. The molecular formula is C18H35BO. The first-order chi connectivity index (χ1) is 9.53. The Kier molecular flexibility index (Phi) is 7.91. The maximum Gasteiger partial charge on any atom is 0.140 e. The summed E-state index contributed by atoms with van der Waals surface area (Å²) in [4.78, 5) is 12.7. The summed E-state index contributed by atoms with van der Waals surface area (Å²) in [6.45, 7) is 8.68. The minimum absolute atomic E-state index is 0.0753. The number of Topliss-reactive ketones (excluding diaryl/α,β-unsaturated/α-hetero) is 1. The Morgan fingerprint density at radius 2 is 1.60 bits per heavy atom. The summed E-state index contributed by atoms with van der Waals surface area (Å²) < 4.78 is 0. The van der Waals surface area contributed by atoms with Gasteiger partial charge in [-0.3, -0.25) is 4.79 Å². The molecule has 0 amide bonds. The number of carbonyl (C=O) groups is 1. The molecule has 0 bridgehead atoms. The van der Waals surface area contributed by atoms with Gasteiger partial charge in [-0.05, 0) is 6.42 Å². The molecule has 116 valence electrons. The molecule has 1 aliphatic rings. The molecule has 1 saturated carbocycles. The highest BCUT2D eigenvalue weighted by molar-refractivity contribution is 6.49. The molecule has 2 heteroatoms. The van der Waals surface area contributed by atoms with Crippen molar-refractivity contribution in [2.45, 2.75) is 103 Å². The van der Waals surface area contributed by atoms with Crippen molar-refractivity contribution < 1.29 is 4.79 Å². The van der Waals surface area contributed by atoms with Gasteiger partial charge in [0.05, 0.1) is 0 Å². The van der Waals surface area contributed by atoms with Crippen molar-refractivity contribution in [3.63, 3.8) is 0 Å². The van der Waals surface area contributed by atoms with Crippen molar-refractivity contribution >= 4 is 13.1 Å². The molecular weight excluding hydrogens is 243 g/mol. The van der Waals surface area contributed by atoms with Crippen LogP contribution in [0.15, 0.2) is 0 Å². The van der Waals surface area contributed by atoms with Crippen LogP contribution >= 0.6 is 0 Å². The molecule has 0 radical (unpaired) electrons. The van der Waals surface area contributed by atoms with Crippen LogP contribution in [0.5, 0.6) is 0 Å². The van der Waals surface area contributed by atoms with E-state index in [9.17, 15) is 4.79 Å². The maximum atomic E-state index is 12.7. The monoisotopic (exact) mass is 278 g/mol. The third-order valence-corrected chi connectivity index (χ3v) is 5.65. The van der Waals surface area contributed by atoms with Crippen molar-refractivity contribution in [1.29, 1.82) is 0 Å². The van der Waals surface area contributed by atoms with Crippen LogP contribution in [0.3, 0.4) is 0 Å². The quantitative estimate of drug-likeness (QED) is 0.582. The SMILES string of the molecule is CCC(C)C(=O)C(C)(BC1CCCCCCCC1)CC. The van der Waals surface area contributed by atoms with Gasteiger partial charge >= 0.3 is 0 Å². The predicted molar refractivity (Wildman–Crippen MR) is 91.0 cm³/mol. The summed E-state index contributed by atoms with van der Waals surface area (Å²) >= 11 is 0. The van der Waals surface area contributed by atoms with Crippen molar-refractivity contribution in [1.82, 2.24) is 0 Å². The maximum absolute atomic E-state index is 12.7. The van der Waals surface area contributed by atoms with Crippen molar-refractivity contribution in [2.75, 3.05) is 0 Å². The normalized spacial score (nSPS) is 23.0. The molecule has 2 unspecified atom stereocenters. The lowest BCUT2D eigenvalue weighted by atomic mass is 9.41. The molecule has 20 heavy (non-hydrogen) atoms. The van der Waals surface area contributed by atoms with Gasteiger partial charge in [-0.1, -0.05) is 91.3 Å². The molecule has 0 N–H and O–H groups in total. The molecule has 1 nitrogen and oxygen atoms in total. The lowest BCUT2D eigenvalue weighted by molar-refractivity contribution is -0.125. The van der Waals surface area contributed by atoms with Gasteiger partial charge in [-0.15, -0.1) is 0 Å². The largest absolute Gasteiger partial charge is 0.300 e. The topological polar surface area (TPSA) is 17.1 Å². The first-order valence-electron chi connectivity index (χ1n) is 9.07. The van der Waals surface area contributed by atoms with Crippen LogP contribution in [0.4, 0.5) is 0 Å². The van der Waals surface area contributed by atoms with E-state index in [1.165, 1.54) is 51.4 Å². The number of rotatable bonds is 6. The Morgan fingerprint density at radius 3 is 2.05 bits per heavy atom. The molecule has 0 spiro atoms. The molecule has 1 rings (SSSR count). The zero-order valence-electron chi connectivity index (χ0n) is 14.3. The van der Waals surface area contributed by atoms with Crippen LogP contribution in [0.1, 0.15) is 91.9 Å². The number of hydrogen-bond acceptors (Lipinski definition) is 1. The minimum atomic E-state index is -0.0753. The summed E-state index contributed by atoms with van der Waals surface area (Å²) in [7, 11) is 1.13. The Balaban J connectivity index is 2.65. The fourth-order valence-electron chi connectivity index (χ4n) is 3.76. The molecule has 2 atom stereocenters. The number of hydrogen-bond donors (Lipinski definition) is 0. The second kappa shape index (κ2) is 8.90. The minimum Gasteiger partial charge on any atom is -0.300 e. The Hall–Kier alpha value is -0.265. The van der Waals surface area contributed by atoms with Gasteiger partial charge in [0, 0.05) is 11.2 Å². The Labute approximate surface area is 127 Å². The van der Waals surface area contributed by atoms with Crippen LogP contribution in [-0.4, -0.2) is 13.1 Å². The molecule has 1 fully saturated rings. The van der Waals surface area contributed by atoms with Gasteiger partial charge in [-0.2, -0.15) is 0 Å². The van der Waals surface area contributed by atoms with E-state index in [4.69, 9.17) is 0 Å². The number of carbonyl (C=O) groups excluding carboxylic acids is 1. The van der Waals surface area contributed by atoms with Crippen LogP contribution in [0.2, 0.25) is 11.1 Å². The van der Waals surface area contributed by atoms with Crippen LogP contribution in [0.25, 0.3) is 0 Å². The highest BCUT2D eigenvalue weighted by Crippen LogP contribution is 2.40. The van der Waals surface area contributed by atoms with Crippen LogP contribution in [-0.2, 0) is 4.79 Å². The van der Waals surface area contributed by atoms with E-state index in [1.807, 2.05) is 0 Å². The zero-order chi connectivity index (χ0) is 15.0. The summed E-state index contributed by atoms with van der Waals surface area (Å²) in [5, 5.41) is -0.0753. The molecule has 0 aliphatic heterocycles. The van der Waals surface area contributed by atoms with Crippen LogP contribution in [0, 0.1) is 5.92 Å². The second-order valence-corrected chi connectivity index (χ2v) is 7.36. The lowest BCUT2D eigenvalue weighted by Gasteiger charge is -2.32. The van der Waals surface area contributed by atoms with Crippen LogP contribution < -0.4 is 0 Å². The van der Waals surface area contributed by atoms with Gasteiger partial charge in [0.1, 0.15) is 13.1 Å². The summed E-state index contributed by atoms with van der Waals surface area (Å²) in [5.74, 6) is 1.53. The van der Waals surface area contributed by atoms with Gasteiger partial charge in [0.2, 0.25) is 0 Å². The average molecular weight is 278 g/mol. The van der Waals surface area contributed by atoms with Crippen molar-refractivity contribution in [3.8, 4) is 0 Å². The van der Waals surface area contributed by atoms with E-state index in [0.29, 0.717) is 5.78 Å². The molecule has 0 aromatic rings. The van der Waals surface area contributed by atoms with Crippen molar-refractivity contribution in [3.05, 3.63) is 0 Å². The third kappa shape index (κ3) is 5.26. The van der Waals surface area contributed by atoms with Crippen molar-refractivity contribution in [2.24, 2.45) is 5.92 Å². The van der Waals surface area contributed by atoms with Gasteiger partial charge < -0.3 is 0 Å². The van der Waals surface area contributed by atoms with Gasteiger partial charge in [-0.25, -0.2) is 0 Å². The van der Waals surface area contributed by atoms with Gasteiger partial charge in [0.15, 0.2) is 0 Å². The van der Waals surface area contributed by atoms with E-state index < -0.39 is 0 Å². The van der Waals surface area contributed by atoms with E-state index in [0.717, 1.165) is 25.9 Å². The third-order valence-electron chi connectivity index (χ3n) is 5.65. The molecule has 1 aliphatic carbocycles. The number of ketones is 1. The Morgan fingerprint density at radius 1 is 1.10 bits per heavy atom. The highest BCUT2D eigenvalue weighted by Gasteiger charge is 2.36. The molecule has 0 saturated heterocycles. The lowest BCUT2D eigenvalue weighted by Crippen LogP contribution is -2.33. The van der Waals surface area contributed by atoms with E-state index in [-0.39, 0.29) is 11.2 Å². The first-order valence-corrected chi connectivity index (χ1v) is 9.07. The van der Waals surface area contributed by atoms with E-state index in [2.05, 4.69) is 27.7 Å². The smallest absolute Gasteiger partial charge is 0.140 e. The van der Waals surface area contributed by atoms with Gasteiger partial charge in [0.25, 0.3) is 0 Å². The molecule has 0 aromatic carbocycles. The highest BCUT2D eigenvalue weighted by atomic mass is 16.1. The van der Waals surface area contributed by atoms with E-state index in [1.54, 1.807) is 0 Å². The van der Waals surface area contributed by atoms with E-state index >= 15 is 0 Å². The fourth-order valence-corrected chi connectivity index (χ4v) is 3.76.